The van der Waals surface area contributed by atoms with Crippen molar-refractivity contribution in [2.24, 2.45) is 11.8 Å². The van der Waals surface area contributed by atoms with Gasteiger partial charge in [0.2, 0.25) is 5.91 Å². The molecule has 0 saturated carbocycles. The van der Waals surface area contributed by atoms with Gasteiger partial charge in [-0.2, -0.15) is 0 Å². The minimum absolute atomic E-state index is 0.0682. The van der Waals surface area contributed by atoms with Crippen LogP contribution in [-0.4, -0.2) is 23.7 Å². The van der Waals surface area contributed by atoms with Crippen LogP contribution in [0.25, 0.3) is 0 Å². The van der Waals surface area contributed by atoms with E-state index in [1.54, 1.807) is 19.9 Å². The SMILES string of the molecule is CC(/C=C/C=C/C=C/C=C(\C)C(=O)N[C@H](C)CO)=C\[C@@H](C)C/C(C)=C/[C@H](C)CCc1ccccc1. The molecular formula is C32H45NO2. The van der Waals surface area contributed by atoms with Crippen molar-refractivity contribution in [1.29, 1.82) is 0 Å². The Labute approximate surface area is 213 Å². The molecule has 3 atom stereocenters. The van der Waals surface area contributed by atoms with Crippen LogP contribution in [0.2, 0.25) is 0 Å². The Morgan fingerprint density at radius 1 is 0.914 bits per heavy atom. The molecular weight excluding hydrogens is 430 g/mol. The minimum Gasteiger partial charge on any atom is -0.394 e. The molecule has 1 rings (SSSR count). The summed E-state index contributed by atoms with van der Waals surface area (Å²) in [6.07, 6.45) is 21.7. The van der Waals surface area contributed by atoms with Crippen LogP contribution in [0.1, 0.15) is 59.9 Å². The van der Waals surface area contributed by atoms with Crippen molar-refractivity contribution in [3.8, 4) is 0 Å². The number of carbonyl (C=O) groups excluding carboxylic acids is 1. The Morgan fingerprint density at radius 2 is 1.57 bits per heavy atom. The molecule has 0 fully saturated rings. The number of rotatable bonds is 14. The van der Waals surface area contributed by atoms with Crippen LogP contribution in [0.3, 0.4) is 0 Å². The first-order valence-corrected chi connectivity index (χ1v) is 12.7. The van der Waals surface area contributed by atoms with Crippen LogP contribution >= 0.6 is 0 Å². The maximum atomic E-state index is 11.9. The molecule has 0 aliphatic carbocycles. The molecule has 0 aliphatic heterocycles. The lowest BCUT2D eigenvalue weighted by Gasteiger charge is -2.12. The fourth-order valence-electron chi connectivity index (χ4n) is 3.81. The number of aryl methyl sites for hydroxylation is 1. The summed E-state index contributed by atoms with van der Waals surface area (Å²) in [6, 6.07) is 10.5. The molecule has 0 radical (unpaired) electrons. The van der Waals surface area contributed by atoms with E-state index in [4.69, 9.17) is 5.11 Å². The molecule has 1 aromatic carbocycles. The Balaban J connectivity index is 2.44. The van der Waals surface area contributed by atoms with Gasteiger partial charge >= 0.3 is 0 Å². The number of hydrogen-bond donors (Lipinski definition) is 2. The standard InChI is InChI=1S/C32H45NO2/c1-25(15-11-8-7-9-12-16-29(5)32(35)33-30(6)24-34)21-27(3)23-28(4)22-26(2)19-20-31-17-13-10-14-18-31/h7-18,21-22,26-27,30,34H,19-20,23-24H2,1-6H3,(H,33,35)/b8-7+,12-9+,15-11+,25-21+,28-22+,29-16+/t26-,27-,30-/m1/s1. The summed E-state index contributed by atoms with van der Waals surface area (Å²) in [7, 11) is 0. The molecule has 0 spiro atoms. The van der Waals surface area contributed by atoms with E-state index in [1.807, 2.05) is 30.4 Å². The predicted octanol–water partition coefficient (Wildman–Crippen LogP) is 7.29. The van der Waals surface area contributed by atoms with Crippen LogP contribution < -0.4 is 5.32 Å². The highest BCUT2D eigenvalue weighted by atomic mass is 16.3. The second kappa shape index (κ2) is 17.5. The van der Waals surface area contributed by atoms with Gasteiger partial charge in [0.15, 0.2) is 0 Å². The molecule has 0 heterocycles. The zero-order valence-electron chi connectivity index (χ0n) is 22.5. The normalized spacial score (nSPS) is 16.3. The van der Waals surface area contributed by atoms with Crippen LogP contribution in [0, 0.1) is 11.8 Å². The van der Waals surface area contributed by atoms with E-state index in [9.17, 15) is 4.79 Å². The lowest BCUT2D eigenvalue weighted by atomic mass is 9.94. The van der Waals surface area contributed by atoms with Crippen molar-refractivity contribution in [2.75, 3.05) is 6.61 Å². The van der Waals surface area contributed by atoms with Gasteiger partial charge in [-0.3, -0.25) is 4.79 Å². The highest BCUT2D eigenvalue weighted by molar-refractivity contribution is 5.93. The molecule has 0 bridgehead atoms. The average molecular weight is 476 g/mol. The molecule has 35 heavy (non-hydrogen) atoms. The first kappa shape index (κ1) is 30.1. The maximum absolute atomic E-state index is 11.9. The number of hydrogen-bond acceptors (Lipinski definition) is 2. The van der Waals surface area contributed by atoms with Gasteiger partial charge in [0, 0.05) is 11.6 Å². The topological polar surface area (TPSA) is 49.3 Å². The molecule has 2 N–H and O–H groups in total. The van der Waals surface area contributed by atoms with Gasteiger partial charge in [-0.1, -0.05) is 110 Å². The average Bonchev–Trinajstić information content (AvgIpc) is 2.82. The fraction of sp³-hybridized carbons (Fsp3) is 0.406. The first-order chi connectivity index (χ1) is 16.7. The number of benzene rings is 1. The van der Waals surface area contributed by atoms with Crippen molar-refractivity contribution < 1.29 is 9.90 Å². The van der Waals surface area contributed by atoms with Crippen molar-refractivity contribution >= 4 is 5.91 Å². The van der Waals surface area contributed by atoms with E-state index >= 15 is 0 Å². The summed E-state index contributed by atoms with van der Waals surface area (Å²) in [5.74, 6) is 0.915. The zero-order chi connectivity index (χ0) is 26.1. The Morgan fingerprint density at radius 3 is 2.26 bits per heavy atom. The summed E-state index contributed by atoms with van der Waals surface area (Å²) < 4.78 is 0. The molecule has 0 unspecified atom stereocenters. The number of aliphatic hydroxyl groups is 1. The number of aliphatic hydroxyl groups excluding tert-OH is 1. The van der Waals surface area contributed by atoms with Crippen LogP contribution in [0.15, 0.2) is 102 Å². The number of nitrogens with one attached hydrogen (secondary N) is 1. The Bertz CT molecular complexity index is 932. The maximum Gasteiger partial charge on any atom is 0.247 e. The number of allylic oxidation sites excluding steroid dienone is 11. The van der Waals surface area contributed by atoms with E-state index in [0.29, 0.717) is 17.4 Å². The van der Waals surface area contributed by atoms with Crippen molar-refractivity contribution in [3.63, 3.8) is 0 Å². The molecule has 0 aliphatic rings. The van der Waals surface area contributed by atoms with Gasteiger partial charge in [-0.05, 0) is 64.4 Å². The smallest absolute Gasteiger partial charge is 0.247 e. The van der Waals surface area contributed by atoms with E-state index in [1.165, 1.54) is 23.1 Å². The van der Waals surface area contributed by atoms with E-state index < -0.39 is 0 Å². The van der Waals surface area contributed by atoms with Gasteiger partial charge in [0.05, 0.1) is 6.61 Å². The van der Waals surface area contributed by atoms with E-state index in [2.05, 4.69) is 81.6 Å². The third kappa shape index (κ3) is 14.9. The molecule has 3 nitrogen and oxygen atoms in total. The van der Waals surface area contributed by atoms with E-state index in [-0.39, 0.29) is 18.6 Å². The zero-order valence-corrected chi connectivity index (χ0v) is 22.5. The number of carbonyl (C=O) groups is 1. The van der Waals surface area contributed by atoms with Gasteiger partial charge < -0.3 is 10.4 Å². The predicted molar refractivity (Wildman–Crippen MR) is 151 cm³/mol. The third-order valence-corrected chi connectivity index (χ3v) is 5.65. The largest absolute Gasteiger partial charge is 0.394 e. The molecule has 3 heteroatoms. The minimum atomic E-state index is -0.243. The summed E-state index contributed by atoms with van der Waals surface area (Å²) in [5.41, 5.74) is 4.73. The monoisotopic (exact) mass is 475 g/mol. The molecule has 0 saturated heterocycles. The second-order valence-corrected chi connectivity index (χ2v) is 9.64. The second-order valence-electron chi connectivity index (χ2n) is 9.64. The van der Waals surface area contributed by atoms with Crippen LogP contribution in [-0.2, 0) is 11.2 Å². The van der Waals surface area contributed by atoms with Crippen LogP contribution in [0.5, 0.6) is 0 Å². The van der Waals surface area contributed by atoms with Crippen molar-refractivity contribution in [2.45, 2.75) is 66.8 Å². The van der Waals surface area contributed by atoms with Gasteiger partial charge in [0.25, 0.3) is 0 Å². The first-order valence-electron chi connectivity index (χ1n) is 12.7. The van der Waals surface area contributed by atoms with Crippen LogP contribution in [0.4, 0.5) is 0 Å². The van der Waals surface area contributed by atoms with Crippen molar-refractivity contribution in [3.05, 3.63) is 107 Å². The molecule has 1 aromatic rings. The van der Waals surface area contributed by atoms with Gasteiger partial charge in [0.1, 0.15) is 0 Å². The fourth-order valence-corrected chi connectivity index (χ4v) is 3.81. The lowest BCUT2D eigenvalue weighted by molar-refractivity contribution is -0.118. The summed E-state index contributed by atoms with van der Waals surface area (Å²) in [4.78, 5) is 11.9. The highest BCUT2D eigenvalue weighted by Crippen LogP contribution is 2.19. The lowest BCUT2D eigenvalue weighted by Crippen LogP contribution is -2.35. The Kier molecular flexibility index (Phi) is 15.1. The highest BCUT2D eigenvalue weighted by Gasteiger charge is 2.06. The van der Waals surface area contributed by atoms with Gasteiger partial charge in [-0.25, -0.2) is 0 Å². The van der Waals surface area contributed by atoms with Crippen molar-refractivity contribution in [1.82, 2.24) is 5.32 Å². The summed E-state index contributed by atoms with van der Waals surface area (Å²) >= 11 is 0. The number of amides is 1. The van der Waals surface area contributed by atoms with Gasteiger partial charge in [-0.15, -0.1) is 0 Å². The molecule has 1 amide bonds. The quantitative estimate of drug-likeness (QED) is 0.169. The summed E-state index contributed by atoms with van der Waals surface area (Å²) in [6.45, 7) is 12.4. The molecule has 190 valence electrons. The van der Waals surface area contributed by atoms with E-state index in [0.717, 1.165) is 12.8 Å². The summed E-state index contributed by atoms with van der Waals surface area (Å²) in [5, 5.41) is 11.7. The molecule has 0 aromatic heterocycles. The Hall–Kier alpha value is -2.91. The third-order valence-electron chi connectivity index (χ3n) is 5.65.